The molecule has 0 unspecified atom stereocenters. The maximum absolute atomic E-state index is 12.8. The van der Waals surface area contributed by atoms with E-state index in [-0.39, 0.29) is 11.8 Å². The minimum Gasteiger partial charge on any atom is -0.493 e. The number of nitrogens with zero attached hydrogens (tertiary/aromatic N) is 1. The number of anilines is 1. The van der Waals surface area contributed by atoms with Crippen LogP contribution in [0.4, 0.5) is 5.69 Å². The van der Waals surface area contributed by atoms with E-state index in [2.05, 4.69) is 15.6 Å². The summed E-state index contributed by atoms with van der Waals surface area (Å²) in [5.41, 5.74) is 1.75. The summed E-state index contributed by atoms with van der Waals surface area (Å²) in [4.78, 5) is 30.4. The molecule has 0 fully saturated rings. The molecule has 1 heterocycles. The quantitative estimate of drug-likeness (QED) is 0.475. The Balaban J connectivity index is 1.65. The smallest absolute Gasteiger partial charge is 0.253 e. The van der Waals surface area contributed by atoms with Gasteiger partial charge in [-0.3, -0.25) is 14.6 Å². The fourth-order valence-electron chi connectivity index (χ4n) is 2.95. The molecule has 0 aliphatic heterocycles. The van der Waals surface area contributed by atoms with Gasteiger partial charge < -0.3 is 20.1 Å². The lowest BCUT2D eigenvalue weighted by Crippen LogP contribution is -2.27. The zero-order valence-electron chi connectivity index (χ0n) is 18.1. The van der Waals surface area contributed by atoms with Crippen LogP contribution in [0.5, 0.6) is 11.5 Å². The van der Waals surface area contributed by atoms with Gasteiger partial charge in [0.15, 0.2) is 11.5 Å². The van der Waals surface area contributed by atoms with E-state index in [1.807, 2.05) is 31.2 Å². The second kappa shape index (κ2) is 11.2. The lowest BCUT2D eigenvalue weighted by Gasteiger charge is -2.15. The van der Waals surface area contributed by atoms with Gasteiger partial charge in [0.2, 0.25) is 5.91 Å². The number of carbonyl (C=O) groups excluding carboxylic acids is 2. The molecular formula is C24H25N3O4S. The van der Waals surface area contributed by atoms with Gasteiger partial charge in [-0.05, 0) is 48.9 Å². The maximum Gasteiger partial charge on any atom is 0.253 e. The summed E-state index contributed by atoms with van der Waals surface area (Å²) in [5, 5.41) is 5.33. The lowest BCUT2D eigenvalue weighted by molar-refractivity contribution is -0.115. The summed E-state index contributed by atoms with van der Waals surface area (Å²) in [6.07, 6.45) is 3.37. The molecule has 3 aromatic rings. The molecule has 0 saturated heterocycles. The van der Waals surface area contributed by atoms with E-state index in [4.69, 9.17) is 9.47 Å². The number of para-hydroxylation sites is 1. The third-order valence-corrected chi connectivity index (χ3v) is 5.74. The number of benzene rings is 2. The largest absolute Gasteiger partial charge is 0.493 e. The summed E-state index contributed by atoms with van der Waals surface area (Å²) >= 11 is 1.39. The fraction of sp³-hybridized carbons (Fsp3) is 0.208. The molecule has 0 aliphatic carbocycles. The second-order valence-corrected chi connectivity index (χ2v) is 8.27. The number of methoxy groups -OCH3 is 2. The molecule has 0 radical (unpaired) electrons. The van der Waals surface area contributed by atoms with E-state index >= 15 is 0 Å². The van der Waals surface area contributed by atoms with Crippen LogP contribution in [0, 0.1) is 0 Å². The highest BCUT2D eigenvalue weighted by molar-refractivity contribution is 8.00. The first kappa shape index (κ1) is 23.1. The van der Waals surface area contributed by atoms with Crippen molar-refractivity contribution >= 4 is 29.3 Å². The molecule has 166 valence electrons. The Hall–Kier alpha value is -3.52. The van der Waals surface area contributed by atoms with Crippen LogP contribution in [0.2, 0.25) is 0 Å². The predicted molar refractivity (Wildman–Crippen MR) is 125 cm³/mol. The normalized spacial score (nSPS) is 11.3. The van der Waals surface area contributed by atoms with Crippen LogP contribution in [-0.2, 0) is 11.3 Å². The Labute approximate surface area is 191 Å². The topological polar surface area (TPSA) is 89.5 Å². The van der Waals surface area contributed by atoms with E-state index in [1.165, 1.54) is 11.8 Å². The first-order valence-electron chi connectivity index (χ1n) is 9.97. The fourth-order valence-corrected chi connectivity index (χ4v) is 3.85. The van der Waals surface area contributed by atoms with Gasteiger partial charge in [-0.15, -0.1) is 11.8 Å². The summed E-state index contributed by atoms with van der Waals surface area (Å²) in [6.45, 7) is 2.16. The molecule has 0 spiro atoms. The minimum atomic E-state index is -0.403. The van der Waals surface area contributed by atoms with Crippen molar-refractivity contribution in [3.05, 3.63) is 78.1 Å². The van der Waals surface area contributed by atoms with E-state index < -0.39 is 5.25 Å². The SMILES string of the molecule is COc1ccc(S[C@H](C)C(=O)Nc2ccccc2C(=O)NCc2cccnc2)cc1OC. The number of thioether (sulfide) groups is 1. The first-order chi connectivity index (χ1) is 15.5. The van der Waals surface area contributed by atoms with Crippen molar-refractivity contribution in [2.45, 2.75) is 23.6 Å². The van der Waals surface area contributed by atoms with E-state index in [1.54, 1.807) is 56.9 Å². The van der Waals surface area contributed by atoms with E-state index in [9.17, 15) is 9.59 Å². The second-order valence-electron chi connectivity index (χ2n) is 6.86. The molecule has 32 heavy (non-hydrogen) atoms. The van der Waals surface area contributed by atoms with Gasteiger partial charge in [-0.25, -0.2) is 0 Å². The zero-order valence-corrected chi connectivity index (χ0v) is 18.9. The molecule has 8 heteroatoms. The Morgan fingerprint density at radius 3 is 2.53 bits per heavy atom. The molecule has 2 N–H and O–H groups in total. The van der Waals surface area contributed by atoms with Crippen molar-refractivity contribution in [2.75, 3.05) is 19.5 Å². The molecule has 2 aromatic carbocycles. The number of aromatic nitrogens is 1. The molecule has 1 aromatic heterocycles. The average molecular weight is 452 g/mol. The van der Waals surface area contributed by atoms with Gasteiger partial charge in [0.05, 0.1) is 30.7 Å². The molecule has 0 aliphatic rings. The Bertz CT molecular complexity index is 1080. The van der Waals surface area contributed by atoms with Crippen LogP contribution in [0.15, 0.2) is 71.9 Å². The van der Waals surface area contributed by atoms with Crippen molar-refractivity contribution < 1.29 is 19.1 Å². The number of amides is 2. The number of ether oxygens (including phenoxy) is 2. The van der Waals surface area contributed by atoms with Gasteiger partial charge >= 0.3 is 0 Å². The molecule has 1 atom stereocenters. The average Bonchev–Trinajstić information content (AvgIpc) is 2.83. The highest BCUT2D eigenvalue weighted by Gasteiger charge is 2.19. The molecule has 0 bridgehead atoms. The summed E-state index contributed by atoms with van der Waals surface area (Å²) in [5.74, 6) is 0.739. The summed E-state index contributed by atoms with van der Waals surface area (Å²) in [6, 6.07) is 16.1. The number of carbonyl (C=O) groups is 2. The van der Waals surface area contributed by atoms with E-state index in [0.29, 0.717) is 29.3 Å². The van der Waals surface area contributed by atoms with Gasteiger partial charge in [0.1, 0.15) is 0 Å². The minimum absolute atomic E-state index is 0.211. The standard InChI is InChI=1S/C24H25N3O4S/c1-16(32-18-10-11-21(30-2)22(13-18)31-3)23(28)27-20-9-5-4-8-19(20)24(29)26-15-17-7-6-12-25-14-17/h4-14,16H,15H2,1-3H3,(H,26,29)(H,27,28)/t16-/m1/s1. The Morgan fingerprint density at radius 1 is 1.03 bits per heavy atom. The molecule has 0 saturated carbocycles. The number of nitrogens with one attached hydrogen (secondary N) is 2. The van der Waals surface area contributed by atoms with Crippen LogP contribution in [0.1, 0.15) is 22.8 Å². The van der Waals surface area contributed by atoms with Crippen LogP contribution in [-0.4, -0.2) is 36.3 Å². The van der Waals surface area contributed by atoms with Crippen molar-refractivity contribution in [3.63, 3.8) is 0 Å². The van der Waals surface area contributed by atoms with Gasteiger partial charge in [0.25, 0.3) is 5.91 Å². The van der Waals surface area contributed by atoms with E-state index in [0.717, 1.165) is 10.5 Å². The number of hydrogen-bond acceptors (Lipinski definition) is 6. The third-order valence-electron chi connectivity index (χ3n) is 4.64. The maximum atomic E-state index is 12.8. The van der Waals surface area contributed by atoms with Crippen LogP contribution in [0.3, 0.4) is 0 Å². The predicted octanol–water partition coefficient (Wildman–Crippen LogP) is 4.15. The molecule has 3 rings (SSSR count). The Morgan fingerprint density at radius 2 is 1.81 bits per heavy atom. The van der Waals surface area contributed by atoms with Crippen molar-refractivity contribution in [1.29, 1.82) is 0 Å². The van der Waals surface area contributed by atoms with Gasteiger partial charge in [-0.1, -0.05) is 18.2 Å². The Kier molecular flexibility index (Phi) is 8.10. The van der Waals surface area contributed by atoms with Crippen molar-refractivity contribution in [3.8, 4) is 11.5 Å². The summed E-state index contributed by atoms with van der Waals surface area (Å²) < 4.78 is 10.6. The highest BCUT2D eigenvalue weighted by Crippen LogP contribution is 2.33. The summed E-state index contributed by atoms with van der Waals surface area (Å²) in [7, 11) is 3.14. The zero-order chi connectivity index (χ0) is 22.9. The van der Waals surface area contributed by atoms with Gasteiger partial charge in [-0.2, -0.15) is 0 Å². The van der Waals surface area contributed by atoms with Crippen molar-refractivity contribution in [2.24, 2.45) is 0 Å². The van der Waals surface area contributed by atoms with Crippen LogP contribution < -0.4 is 20.1 Å². The number of hydrogen-bond donors (Lipinski definition) is 2. The molecule has 2 amide bonds. The van der Waals surface area contributed by atoms with Crippen molar-refractivity contribution in [1.82, 2.24) is 10.3 Å². The molecule has 7 nitrogen and oxygen atoms in total. The van der Waals surface area contributed by atoms with Crippen LogP contribution in [0.25, 0.3) is 0 Å². The molecular weight excluding hydrogens is 426 g/mol. The number of rotatable bonds is 9. The number of pyridine rings is 1. The first-order valence-corrected chi connectivity index (χ1v) is 10.9. The highest BCUT2D eigenvalue weighted by atomic mass is 32.2. The van der Waals surface area contributed by atoms with Gasteiger partial charge in [0, 0.05) is 23.8 Å². The lowest BCUT2D eigenvalue weighted by atomic mass is 10.1. The third kappa shape index (κ3) is 6.01. The monoisotopic (exact) mass is 451 g/mol. The van der Waals surface area contributed by atoms with Crippen LogP contribution >= 0.6 is 11.8 Å².